The van der Waals surface area contributed by atoms with Crippen LogP contribution in [0.3, 0.4) is 0 Å². The third-order valence-corrected chi connectivity index (χ3v) is 3.51. The second-order valence-electron chi connectivity index (χ2n) is 5.11. The lowest BCUT2D eigenvalue weighted by Crippen LogP contribution is -1.96. The highest BCUT2D eigenvalue weighted by Gasteiger charge is 2.09. The van der Waals surface area contributed by atoms with E-state index in [0.29, 0.717) is 6.61 Å². The molecular formula is C17H18N2O. The summed E-state index contributed by atoms with van der Waals surface area (Å²) in [7, 11) is 2.03. The van der Waals surface area contributed by atoms with Gasteiger partial charge in [0.2, 0.25) is 0 Å². The number of nitrogens with two attached hydrogens (primary N) is 1. The van der Waals surface area contributed by atoms with Gasteiger partial charge in [-0.15, -0.1) is 0 Å². The number of hydrogen-bond acceptors (Lipinski definition) is 2. The molecule has 1 aromatic heterocycles. The van der Waals surface area contributed by atoms with Gasteiger partial charge in [0.15, 0.2) is 0 Å². The second-order valence-corrected chi connectivity index (χ2v) is 5.11. The smallest absolute Gasteiger partial charge is 0.120 e. The third-order valence-electron chi connectivity index (χ3n) is 3.51. The molecule has 0 bridgehead atoms. The zero-order chi connectivity index (χ0) is 14.1. The third kappa shape index (κ3) is 2.23. The first kappa shape index (κ1) is 12.6. The molecule has 3 nitrogen and oxygen atoms in total. The zero-order valence-corrected chi connectivity index (χ0v) is 11.8. The minimum atomic E-state index is 0.523. The van der Waals surface area contributed by atoms with Gasteiger partial charge >= 0.3 is 0 Å². The Hall–Kier alpha value is -2.42. The summed E-state index contributed by atoms with van der Waals surface area (Å²) in [5, 5.41) is 1.09. The number of benzene rings is 2. The predicted octanol–water partition coefficient (Wildman–Crippen LogP) is 3.65. The van der Waals surface area contributed by atoms with Gasteiger partial charge in [-0.3, -0.25) is 0 Å². The lowest BCUT2D eigenvalue weighted by Gasteiger charge is -2.07. The van der Waals surface area contributed by atoms with Crippen LogP contribution in [0.1, 0.15) is 11.1 Å². The Morgan fingerprint density at radius 3 is 2.75 bits per heavy atom. The van der Waals surface area contributed by atoms with E-state index >= 15 is 0 Å². The van der Waals surface area contributed by atoms with E-state index in [-0.39, 0.29) is 0 Å². The molecule has 2 aromatic carbocycles. The van der Waals surface area contributed by atoms with Crippen LogP contribution in [0.4, 0.5) is 5.69 Å². The van der Waals surface area contributed by atoms with Crippen molar-refractivity contribution in [3.63, 3.8) is 0 Å². The Kier molecular flexibility index (Phi) is 3.11. The molecule has 3 rings (SSSR count). The largest absolute Gasteiger partial charge is 0.489 e. The van der Waals surface area contributed by atoms with E-state index in [1.165, 1.54) is 5.56 Å². The average Bonchev–Trinajstić information content (AvgIpc) is 2.75. The van der Waals surface area contributed by atoms with Crippen molar-refractivity contribution in [2.45, 2.75) is 13.5 Å². The average molecular weight is 266 g/mol. The van der Waals surface area contributed by atoms with Crippen molar-refractivity contribution in [1.29, 1.82) is 0 Å². The van der Waals surface area contributed by atoms with Crippen molar-refractivity contribution in [3.05, 3.63) is 59.8 Å². The highest BCUT2D eigenvalue weighted by molar-refractivity contribution is 5.94. The number of fused-ring (bicyclic) bond motifs is 1. The van der Waals surface area contributed by atoms with Crippen LogP contribution >= 0.6 is 0 Å². The number of rotatable bonds is 3. The highest BCUT2D eigenvalue weighted by Crippen LogP contribution is 2.27. The lowest BCUT2D eigenvalue weighted by atomic mass is 10.1. The minimum absolute atomic E-state index is 0.523. The number of nitrogen functional groups attached to an aromatic ring is 1. The van der Waals surface area contributed by atoms with Crippen molar-refractivity contribution in [2.24, 2.45) is 7.05 Å². The maximum atomic E-state index is 6.09. The molecule has 0 amide bonds. The van der Waals surface area contributed by atoms with Crippen LogP contribution in [0.5, 0.6) is 5.75 Å². The molecule has 0 saturated heterocycles. The minimum Gasteiger partial charge on any atom is -0.489 e. The molecule has 0 fully saturated rings. The van der Waals surface area contributed by atoms with Gasteiger partial charge in [0.25, 0.3) is 0 Å². The van der Waals surface area contributed by atoms with Gasteiger partial charge in [-0.05, 0) is 36.8 Å². The van der Waals surface area contributed by atoms with Gasteiger partial charge in [-0.25, -0.2) is 0 Å². The van der Waals surface area contributed by atoms with Gasteiger partial charge in [0.05, 0.1) is 5.52 Å². The van der Waals surface area contributed by atoms with Gasteiger partial charge in [0, 0.05) is 29.9 Å². The molecule has 0 aliphatic heterocycles. The molecule has 0 aliphatic rings. The number of aryl methyl sites for hydroxylation is 2. The molecule has 3 heteroatoms. The molecule has 0 spiro atoms. The summed E-state index contributed by atoms with van der Waals surface area (Å²) >= 11 is 0. The van der Waals surface area contributed by atoms with Crippen molar-refractivity contribution in [3.8, 4) is 5.75 Å². The van der Waals surface area contributed by atoms with E-state index in [9.17, 15) is 0 Å². The van der Waals surface area contributed by atoms with E-state index in [1.807, 2.05) is 37.4 Å². The molecule has 0 atom stereocenters. The first-order valence-corrected chi connectivity index (χ1v) is 6.67. The van der Waals surface area contributed by atoms with Crippen LogP contribution in [0, 0.1) is 6.92 Å². The Labute approximate surface area is 118 Å². The summed E-state index contributed by atoms with van der Waals surface area (Å²) in [5.74, 6) is 0.886. The number of hydrogen-bond donors (Lipinski definition) is 1. The van der Waals surface area contributed by atoms with E-state index < -0.39 is 0 Å². The van der Waals surface area contributed by atoms with E-state index in [0.717, 1.165) is 27.9 Å². The molecular weight excluding hydrogens is 248 g/mol. The maximum Gasteiger partial charge on any atom is 0.120 e. The summed E-state index contributed by atoms with van der Waals surface area (Å²) in [6.07, 6.45) is 2.08. The summed E-state index contributed by atoms with van der Waals surface area (Å²) in [4.78, 5) is 0. The first-order chi connectivity index (χ1) is 9.65. The normalized spacial score (nSPS) is 10.9. The number of aromatic nitrogens is 1. The van der Waals surface area contributed by atoms with Crippen molar-refractivity contribution in [1.82, 2.24) is 4.57 Å². The second kappa shape index (κ2) is 4.93. The monoisotopic (exact) mass is 266 g/mol. The summed E-state index contributed by atoms with van der Waals surface area (Å²) in [6.45, 7) is 2.58. The number of ether oxygens (including phenoxy) is 1. The Morgan fingerprint density at radius 1 is 1.15 bits per heavy atom. The number of anilines is 1. The fraction of sp³-hybridized carbons (Fsp3) is 0.176. The SMILES string of the molecule is Cc1cccc(OCc2cn(C)c3cccc(N)c23)c1. The molecule has 0 unspecified atom stereocenters. The van der Waals surface area contributed by atoms with Crippen LogP contribution in [0.25, 0.3) is 10.9 Å². The van der Waals surface area contributed by atoms with Gasteiger partial charge in [0.1, 0.15) is 12.4 Å². The number of nitrogens with zero attached hydrogens (tertiary/aromatic N) is 1. The van der Waals surface area contributed by atoms with Gasteiger partial charge in [-0.1, -0.05) is 18.2 Å². The Balaban J connectivity index is 1.92. The molecule has 20 heavy (non-hydrogen) atoms. The molecule has 0 aliphatic carbocycles. The standard InChI is InChI=1S/C17H18N2O/c1-12-5-3-6-14(9-12)20-11-13-10-19(2)16-8-4-7-15(18)17(13)16/h3-10H,11,18H2,1-2H3. The van der Waals surface area contributed by atoms with Crippen molar-refractivity contribution >= 4 is 16.6 Å². The molecule has 0 radical (unpaired) electrons. The van der Waals surface area contributed by atoms with Crippen LogP contribution in [0.2, 0.25) is 0 Å². The molecule has 0 saturated carbocycles. The van der Waals surface area contributed by atoms with Gasteiger partial charge in [-0.2, -0.15) is 0 Å². The highest BCUT2D eigenvalue weighted by atomic mass is 16.5. The van der Waals surface area contributed by atoms with Crippen LogP contribution in [-0.2, 0) is 13.7 Å². The fourth-order valence-corrected chi connectivity index (χ4v) is 2.54. The Bertz CT molecular complexity index is 759. The zero-order valence-electron chi connectivity index (χ0n) is 11.8. The Morgan fingerprint density at radius 2 is 1.95 bits per heavy atom. The van der Waals surface area contributed by atoms with Crippen molar-refractivity contribution < 1.29 is 4.74 Å². The first-order valence-electron chi connectivity index (χ1n) is 6.67. The summed E-state index contributed by atoms with van der Waals surface area (Å²) in [5.41, 5.74) is 10.3. The van der Waals surface area contributed by atoms with E-state index in [1.54, 1.807) is 0 Å². The maximum absolute atomic E-state index is 6.09. The topological polar surface area (TPSA) is 40.2 Å². The van der Waals surface area contributed by atoms with E-state index in [2.05, 4.69) is 29.8 Å². The molecule has 3 aromatic rings. The predicted molar refractivity (Wildman–Crippen MR) is 82.8 cm³/mol. The van der Waals surface area contributed by atoms with Crippen LogP contribution in [0.15, 0.2) is 48.7 Å². The molecule has 102 valence electrons. The summed E-state index contributed by atoms with van der Waals surface area (Å²) in [6, 6.07) is 14.0. The van der Waals surface area contributed by atoms with Crippen molar-refractivity contribution in [2.75, 3.05) is 5.73 Å². The fourth-order valence-electron chi connectivity index (χ4n) is 2.54. The van der Waals surface area contributed by atoms with Gasteiger partial charge < -0.3 is 15.0 Å². The lowest BCUT2D eigenvalue weighted by molar-refractivity contribution is 0.307. The van der Waals surface area contributed by atoms with Crippen LogP contribution < -0.4 is 10.5 Å². The van der Waals surface area contributed by atoms with E-state index in [4.69, 9.17) is 10.5 Å². The molecule has 2 N–H and O–H groups in total. The molecule has 1 heterocycles. The van der Waals surface area contributed by atoms with Crippen LogP contribution in [-0.4, -0.2) is 4.57 Å². The summed E-state index contributed by atoms with van der Waals surface area (Å²) < 4.78 is 7.96. The quantitative estimate of drug-likeness (QED) is 0.735.